The summed E-state index contributed by atoms with van der Waals surface area (Å²) in [5.41, 5.74) is 12.6. The Kier molecular flexibility index (Phi) is 6.55. The first-order chi connectivity index (χ1) is 26.3. The lowest BCUT2D eigenvalue weighted by molar-refractivity contribution is 1.19. The lowest BCUT2D eigenvalue weighted by Gasteiger charge is -2.12. The van der Waals surface area contributed by atoms with Crippen LogP contribution in [-0.2, 0) is 0 Å². The van der Waals surface area contributed by atoms with Gasteiger partial charge in [-0.2, -0.15) is 0 Å². The first kappa shape index (κ1) is 29.6. The van der Waals surface area contributed by atoms with Crippen molar-refractivity contribution in [2.24, 2.45) is 0 Å². The van der Waals surface area contributed by atoms with Gasteiger partial charge in [-0.15, -0.1) is 0 Å². The van der Waals surface area contributed by atoms with Gasteiger partial charge in [0.1, 0.15) is 0 Å². The van der Waals surface area contributed by atoms with Crippen molar-refractivity contribution < 1.29 is 0 Å². The van der Waals surface area contributed by atoms with E-state index in [9.17, 15) is 0 Å². The van der Waals surface area contributed by atoms with Crippen molar-refractivity contribution in [1.82, 2.24) is 14.5 Å². The summed E-state index contributed by atoms with van der Waals surface area (Å²) >= 11 is 0. The molecule has 3 nitrogen and oxygen atoms in total. The number of hydrogen-bond donors (Lipinski definition) is 0. The van der Waals surface area contributed by atoms with Crippen LogP contribution in [-0.4, -0.2) is 14.5 Å². The van der Waals surface area contributed by atoms with E-state index in [4.69, 9.17) is 9.97 Å². The van der Waals surface area contributed by atoms with Crippen molar-refractivity contribution in [2.75, 3.05) is 0 Å². The average Bonchev–Trinajstić information content (AvgIpc) is 3.58. The second kappa shape index (κ2) is 11.7. The van der Waals surface area contributed by atoms with Gasteiger partial charge in [0.05, 0.1) is 22.1 Å². The fraction of sp³-hybridized carbons (Fsp3) is 0. The van der Waals surface area contributed by atoms with Crippen LogP contribution in [0.1, 0.15) is 0 Å². The van der Waals surface area contributed by atoms with Crippen LogP contribution in [0.3, 0.4) is 0 Å². The molecule has 0 spiro atoms. The first-order valence-corrected chi connectivity index (χ1v) is 18.1. The van der Waals surface area contributed by atoms with Gasteiger partial charge in [0, 0.05) is 39.6 Å². The Balaban J connectivity index is 0.916. The van der Waals surface area contributed by atoms with E-state index >= 15 is 0 Å². The summed E-state index contributed by atoms with van der Waals surface area (Å²) < 4.78 is 2.38. The Morgan fingerprint density at radius 2 is 0.792 bits per heavy atom. The van der Waals surface area contributed by atoms with E-state index in [1.165, 1.54) is 76.9 Å². The number of para-hydroxylation sites is 2. The molecule has 0 aliphatic rings. The van der Waals surface area contributed by atoms with E-state index in [1.54, 1.807) is 12.4 Å². The molecule has 0 N–H and O–H groups in total. The van der Waals surface area contributed by atoms with Crippen molar-refractivity contribution in [3.63, 3.8) is 0 Å². The van der Waals surface area contributed by atoms with Crippen molar-refractivity contribution in [1.29, 1.82) is 0 Å². The van der Waals surface area contributed by atoms with E-state index in [0.29, 0.717) is 0 Å². The van der Waals surface area contributed by atoms with Gasteiger partial charge in [0.15, 0.2) is 0 Å². The molecule has 9 aromatic carbocycles. The molecule has 0 aliphatic carbocycles. The molecule has 0 atom stereocenters. The van der Waals surface area contributed by atoms with E-state index in [1.807, 2.05) is 0 Å². The third-order valence-electron chi connectivity index (χ3n) is 10.9. The maximum Gasteiger partial charge on any atom is 0.0971 e. The molecule has 0 radical (unpaired) electrons. The first-order valence-electron chi connectivity index (χ1n) is 18.1. The van der Waals surface area contributed by atoms with Gasteiger partial charge in [0.2, 0.25) is 0 Å². The summed E-state index contributed by atoms with van der Waals surface area (Å²) in [7, 11) is 0. The highest BCUT2D eigenvalue weighted by molar-refractivity contribution is 6.23. The molecule has 0 aliphatic heterocycles. The van der Waals surface area contributed by atoms with Crippen LogP contribution < -0.4 is 0 Å². The van der Waals surface area contributed by atoms with Crippen LogP contribution in [0, 0.1) is 0 Å². The molecule has 0 unspecified atom stereocenters. The Bertz CT molecular complexity index is 3140. The number of hydrogen-bond acceptors (Lipinski definition) is 2. The molecule has 246 valence electrons. The van der Waals surface area contributed by atoms with E-state index in [0.717, 1.165) is 27.4 Å². The number of aromatic nitrogens is 3. The van der Waals surface area contributed by atoms with Crippen LogP contribution in [0.25, 0.3) is 104 Å². The van der Waals surface area contributed by atoms with Gasteiger partial charge in [-0.3, -0.25) is 9.97 Å². The Labute approximate surface area is 306 Å². The number of benzene rings is 9. The SMILES string of the molecule is c1cc(-c2ccc(-c3ccc4cc(-n5c6ccccc6c6ccccc65)ccc4c3)cc2)cc(-c2ccc3c4ccccc4c4nccnc4c3c2)c1. The molecule has 0 saturated carbocycles. The molecule has 3 heteroatoms. The van der Waals surface area contributed by atoms with Gasteiger partial charge >= 0.3 is 0 Å². The quantitative estimate of drug-likeness (QED) is 0.174. The van der Waals surface area contributed by atoms with Gasteiger partial charge in [-0.25, -0.2) is 0 Å². The second-order valence-corrected chi connectivity index (χ2v) is 13.8. The zero-order valence-electron chi connectivity index (χ0n) is 28.7. The molecule has 2 aromatic heterocycles. The summed E-state index contributed by atoms with van der Waals surface area (Å²) in [6, 6.07) is 63.9. The molecular formula is C50H31N3. The predicted molar refractivity (Wildman–Crippen MR) is 223 cm³/mol. The van der Waals surface area contributed by atoms with Crippen molar-refractivity contribution in [3.05, 3.63) is 188 Å². The van der Waals surface area contributed by atoms with Gasteiger partial charge in [0.25, 0.3) is 0 Å². The Hall–Kier alpha value is -7.10. The molecule has 0 saturated heterocycles. The normalized spacial score (nSPS) is 11.8. The van der Waals surface area contributed by atoms with Gasteiger partial charge in [-0.1, -0.05) is 133 Å². The molecule has 11 rings (SSSR count). The molecule has 11 aromatic rings. The van der Waals surface area contributed by atoms with Crippen LogP contribution >= 0.6 is 0 Å². The molecule has 0 fully saturated rings. The molecule has 0 amide bonds. The summed E-state index contributed by atoms with van der Waals surface area (Å²) in [5, 5.41) is 9.66. The van der Waals surface area contributed by atoms with Crippen LogP contribution in [0.4, 0.5) is 0 Å². The zero-order valence-corrected chi connectivity index (χ0v) is 28.7. The maximum absolute atomic E-state index is 4.78. The maximum atomic E-state index is 4.78. The third kappa shape index (κ3) is 4.75. The van der Waals surface area contributed by atoms with Crippen molar-refractivity contribution in [2.45, 2.75) is 0 Å². The minimum Gasteiger partial charge on any atom is -0.309 e. The largest absolute Gasteiger partial charge is 0.309 e. The van der Waals surface area contributed by atoms with Crippen molar-refractivity contribution in [3.8, 4) is 39.1 Å². The number of nitrogens with zero attached hydrogens (tertiary/aromatic N) is 3. The minimum atomic E-state index is 0.937. The number of fused-ring (bicyclic) bond motifs is 10. The van der Waals surface area contributed by atoms with E-state index in [2.05, 4.69) is 180 Å². The lowest BCUT2D eigenvalue weighted by Crippen LogP contribution is -1.93. The summed E-state index contributed by atoms with van der Waals surface area (Å²) in [5.74, 6) is 0. The summed E-state index contributed by atoms with van der Waals surface area (Å²) in [6.45, 7) is 0. The topological polar surface area (TPSA) is 30.7 Å². The van der Waals surface area contributed by atoms with Gasteiger partial charge in [-0.05, 0) is 97.4 Å². The zero-order chi connectivity index (χ0) is 34.9. The minimum absolute atomic E-state index is 0.937. The highest BCUT2D eigenvalue weighted by atomic mass is 15.0. The lowest BCUT2D eigenvalue weighted by atomic mass is 9.94. The number of rotatable bonds is 4. The monoisotopic (exact) mass is 673 g/mol. The molecular weight excluding hydrogens is 643 g/mol. The smallest absolute Gasteiger partial charge is 0.0971 e. The standard InChI is InChI=1S/C50H31N3/c1-2-13-45-41(10-1)42-25-23-39(31-46(42)50-49(45)51-26-27-52-50)35-9-7-8-34(28-35)32-16-18-33(19-17-32)36-20-21-38-30-40(24-22-37(38)29-36)53-47-14-5-3-11-43(47)44-12-4-6-15-48(44)53/h1-31H. The van der Waals surface area contributed by atoms with Crippen LogP contribution in [0.15, 0.2) is 188 Å². The average molecular weight is 674 g/mol. The fourth-order valence-corrected chi connectivity index (χ4v) is 8.30. The van der Waals surface area contributed by atoms with Crippen LogP contribution in [0.2, 0.25) is 0 Å². The van der Waals surface area contributed by atoms with Crippen LogP contribution in [0.5, 0.6) is 0 Å². The molecule has 0 bridgehead atoms. The van der Waals surface area contributed by atoms with E-state index < -0.39 is 0 Å². The predicted octanol–water partition coefficient (Wildman–Crippen LogP) is 13.2. The highest BCUT2D eigenvalue weighted by Crippen LogP contribution is 2.37. The summed E-state index contributed by atoms with van der Waals surface area (Å²) in [4.78, 5) is 9.51. The Morgan fingerprint density at radius 3 is 1.51 bits per heavy atom. The third-order valence-corrected chi connectivity index (χ3v) is 10.9. The Morgan fingerprint density at radius 1 is 0.302 bits per heavy atom. The van der Waals surface area contributed by atoms with Gasteiger partial charge < -0.3 is 4.57 Å². The molecule has 53 heavy (non-hydrogen) atoms. The summed E-state index contributed by atoms with van der Waals surface area (Å²) in [6.07, 6.45) is 3.57. The second-order valence-electron chi connectivity index (χ2n) is 13.8. The van der Waals surface area contributed by atoms with Crippen molar-refractivity contribution >= 4 is 65.2 Å². The van der Waals surface area contributed by atoms with E-state index in [-0.39, 0.29) is 0 Å². The fourth-order valence-electron chi connectivity index (χ4n) is 8.30. The highest BCUT2D eigenvalue weighted by Gasteiger charge is 2.14. The molecule has 2 heterocycles.